The van der Waals surface area contributed by atoms with Gasteiger partial charge >= 0.3 is 0 Å². The summed E-state index contributed by atoms with van der Waals surface area (Å²) in [4.78, 5) is 2.33. The molecule has 2 aromatic carbocycles. The fourth-order valence-electron chi connectivity index (χ4n) is 4.11. The molecule has 0 radical (unpaired) electrons. The van der Waals surface area contributed by atoms with Gasteiger partial charge in [-0.1, -0.05) is 51.5 Å². The standard InChI is InChI=1S/C23H31N/c1-16-8-11-21(17(2)14-16)24(7)18-9-10-19-20(15-18)23(5,6)13-12-22(19,3)4/h8-11,14-15H,12-13H2,1-7H3. The normalized spacial score (nSPS) is 18.1. The summed E-state index contributed by atoms with van der Waals surface area (Å²) in [5.41, 5.74) is 8.79. The second kappa shape index (κ2) is 5.65. The van der Waals surface area contributed by atoms with Crippen LogP contribution in [-0.2, 0) is 10.8 Å². The van der Waals surface area contributed by atoms with Gasteiger partial charge in [0.1, 0.15) is 0 Å². The lowest BCUT2D eigenvalue weighted by Crippen LogP contribution is -2.34. The van der Waals surface area contributed by atoms with E-state index in [2.05, 4.69) is 89.9 Å². The summed E-state index contributed by atoms with van der Waals surface area (Å²) in [6.45, 7) is 13.9. The second-order valence-electron chi connectivity index (χ2n) is 8.85. The van der Waals surface area contributed by atoms with E-state index in [9.17, 15) is 0 Å². The van der Waals surface area contributed by atoms with Crippen molar-refractivity contribution >= 4 is 11.4 Å². The minimum Gasteiger partial charge on any atom is -0.344 e. The zero-order chi connectivity index (χ0) is 17.7. The van der Waals surface area contributed by atoms with Gasteiger partial charge in [-0.2, -0.15) is 0 Å². The first-order chi connectivity index (χ1) is 11.1. The Labute approximate surface area is 147 Å². The molecule has 3 rings (SSSR count). The van der Waals surface area contributed by atoms with Crippen molar-refractivity contribution in [2.45, 2.75) is 65.2 Å². The van der Waals surface area contributed by atoms with Crippen LogP contribution in [0.4, 0.5) is 11.4 Å². The molecule has 0 fully saturated rings. The monoisotopic (exact) mass is 321 g/mol. The molecule has 0 heterocycles. The number of aryl methyl sites for hydroxylation is 2. The fraction of sp³-hybridized carbons (Fsp3) is 0.478. The largest absolute Gasteiger partial charge is 0.344 e. The highest BCUT2D eigenvalue weighted by molar-refractivity contribution is 5.68. The van der Waals surface area contributed by atoms with Gasteiger partial charge < -0.3 is 4.90 Å². The van der Waals surface area contributed by atoms with Gasteiger partial charge in [0.2, 0.25) is 0 Å². The Hall–Kier alpha value is -1.76. The predicted molar refractivity (Wildman–Crippen MR) is 106 cm³/mol. The summed E-state index contributed by atoms with van der Waals surface area (Å²) in [5.74, 6) is 0. The van der Waals surface area contributed by atoms with E-state index in [4.69, 9.17) is 0 Å². The van der Waals surface area contributed by atoms with Crippen LogP contribution in [0.2, 0.25) is 0 Å². The molecule has 0 spiro atoms. The molecule has 1 aliphatic rings. The van der Waals surface area contributed by atoms with Crippen LogP contribution in [0.3, 0.4) is 0 Å². The Morgan fingerprint density at radius 3 is 2.04 bits per heavy atom. The van der Waals surface area contributed by atoms with Gasteiger partial charge in [0.25, 0.3) is 0 Å². The quantitative estimate of drug-likeness (QED) is 0.617. The molecule has 2 aromatic rings. The predicted octanol–water partition coefficient (Wildman–Crippen LogP) is 6.42. The number of hydrogen-bond acceptors (Lipinski definition) is 1. The number of nitrogens with zero attached hydrogens (tertiary/aromatic N) is 1. The van der Waals surface area contributed by atoms with Gasteiger partial charge in [-0.25, -0.2) is 0 Å². The maximum Gasteiger partial charge on any atom is 0.0437 e. The average Bonchev–Trinajstić information content (AvgIpc) is 2.51. The first-order valence-electron chi connectivity index (χ1n) is 9.08. The minimum absolute atomic E-state index is 0.254. The molecule has 0 unspecified atom stereocenters. The number of hydrogen-bond donors (Lipinski definition) is 0. The van der Waals surface area contributed by atoms with Crippen molar-refractivity contribution in [3.8, 4) is 0 Å². The Bertz CT molecular complexity index is 768. The van der Waals surface area contributed by atoms with Gasteiger partial charge in [0.05, 0.1) is 0 Å². The molecular weight excluding hydrogens is 290 g/mol. The SMILES string of the molecule is Cc1ccc(N(C)c2ccc3c(c2)C(C)(C)CCC3(C)C)c(C)c1. The van der Waals surface area contributed by atoms with Crippen LogP contribution in [0.1, 0.15) is 62.8 Å². The van der Waals surface area contributed by atoms with Crippen molar-refractivity contribution in [1.29, 1.82) is 0 Å². The Kier molecular flexibility index (Phi) is 4.02. The summed E-state index contributed by atoms with van der Waals surface area (Å²) in [6.07, 6.45) is 2.52. The zero-order valence-electron chi connectivity index (χ0n) is 16.3. The maximum atomic E-state index is 2.43. The van der Waals surface area contributed by atoms with Crippen LogP contribution in [0, 0.1) is 13.8 Å². The minimum atomic E-state index is 0.254. The molecule has 128 valence electrons. The van der Waals surface area contributed by atoms with Crippen molar-refractivity contribution in [1.82, 2.24) is 0 Å². The fourth-order valence-corrected chi connectivity index (χ4v) is 4.11. The van der Waals surface area contributed by atoms with Gasteiger partial charge in [0, 0.05) is 18.4 Å². The molecule has 0 amide bonds. The van der Waals surface area contributed by atoms with Gasteiger partial charge in [-0.3, -0.25) is 0 Å². The molecule has 1 aliphatic carbocycles. The summed E-state index contributed by atoms with van der Waals surface area (Å²) in [7, 11) is 2.18. The van der Waals surface area contributed by atoms with Crippen molar-refractivity contribution in [3.05, 3.63) is 58.7 Å². The van der Waals surface area contributed by atoms with Gasteiger partial charge in [-0.15, -0.1) is 0 Å². The average molecular weight is 322 g/mol. The van der Waals surface area contributed by atoms with Crippen molar-refractivity contribution in [2.24, 2.45) is 0 Å². The number of anilines is 2. The van der Waals surface area contributed by atoms with E-state index in [0.717, 1.165) is 0 Å². The van der Waals surface area contributed by atoms with Crippen LogP contribution < -0.4 is 4.90 Å². The van der Waals surface area contributed by atoms with E-state index in [1.54, 1.807) is 0 Å². The highest BCUT2D eigenvalue weighted by Crippen LogP contribution is 2.47. The Morgan fingerprint density at radius 1 is 0.792 bits per heavy atom. The van der Waals surface area contributed by atoms with E-state index in [-0.39, 0.29) is 10.8 Å². The van der Waals surface area contributed by atoms with Crippen LogP contribution in [0.15, 0.2) is 36.4 Å². The maximum absolute atomic E-state index is 2.43. The number of fused-ring (bicyclic) bond motifs is 1. The van der Waals surface area contributed by atoms with Crippen molar-refractivity contribution in [2.75, 3.05) is 11.9 Å². The van der Waals surface area contributed by atoms with E-state index in [1.807, 2.05) is 0 Å². The zero-order valence-corrected chi connectivity index (χ0v) is 16.3. The van der Waals surface area contributed by atoms with Crippen LogP contribution in [-0.4, -0.2) is 7.05 Å². The van der Waals surface area contributed by atoms with Crippen LogP contribution >= 0.6 is 0 Å². The highest BCUT2D eigenvalue weighted by Gasteiger charge is 2.37. The lowest BCUT2D eigenvalue weighted by atomic mass is 9.63. The smallest absolute Gasteiger partial charge is 0.0437 e. The van der Waals surface area contributed by atoms with E-state index >= 15 is 0 Å². The molecule has 0 aliphatic heterocycles. The first-order valence-corrected chi connectivity index (χ1v) is 9.08. The van der Waals surface area contributed by atoms with Crippen molar-refractivity contribution < 1.29 is 0 Å². The lowest BCUT2D eigenvalue weighted by molar-refractivity contribution is 0.332. The lowest BCUT2D eigenvalue weighted by Gasteiger charge is -2.42. The molecule has 0 atom stereocenters. The molecule has 0 bridgehead atoms. The number of benzene rings is 2. The Morgan fingerprint density at radius 2 is 1.42 bits per heavy atom. The molecule has 24 heavy (non-hydrogen) atoms. The first kappa shape index (κ1) is 17.1. The highest BCUT2D eigenvalue weighted by atomic mass is 15.1. The van der Waals surface area contributed by atoms with E-state index in [1.165, 1.54) is 46.5 Å². The van der Waals surface area contributed by atoms with E-state index in [0.29, 0.717) is 0 Å². The summed E-state index contributed by atoms with van der Waals surface area (Å²) in [5, 5.41) is 0. The third-order valence-corrected chi connectivity index (χ3v) is 5.94. The molecule has 1 nitrogen and oxygen atoms in total. The van der Waals surface area contributed by atoms with E-state index < -0.39 is 0 Å². The molecular formula is C23H31N. The summed E-state index contributed by atoms with van der Waals surface area (Å²) in [6, 6.07) is 13.8. The van der Waals surface area contributed by atoms with Crippen molar-refractivity contribution in [3.63, 3.8) is 0 Å². The second-order valence-corrected chi connectivity index (χ2v) is 8.85. The molecule has 0 N–H and O–H groups in total. The number of rotatable bonds is 2. The van der Waals surface area contributed by atoms with Gasteiger partial charge in [-0.05, 0) is 72.4 Å². The third-order valence-electron chi connectivity index (χ3n) is 5.94. The molecule has 0 aromatic heterocycles. The molecule has 0 saturated carbocycles. The summed E-state index contributed by atoms with van der Waals surface area (Å²) >= 11 is 0. The molecule has 0 saturated heterocycles. The van der Waals surface area contributed by atoms with Gasteiger partial charge in [0.15, 0.2) is 0 Å². The van der Waals surface area contributed by atoms with Crippen LogP contribution in [0.25, 0.3) is 0 Å². The molecule has 1 heteroatoms. The van der Waals surface area contributed by atoms with Crippen LogP contribution in [0.5, 0.6) is 0 Å². The third kappa shape index (κ3) is 2.85. The topological polar surface area (TPSA) is 3.24 Å². The summed E-state index contributed by atoms with van der Waals surface area (Å²) < 4.78 is 0. The Balaban J connectivity index is 2.07.